The van der Waals surface area contributed by atoms with Crippen molar-refractivity contribution in [3.05, 3.63) is 98.9 Å². The number of hydrogen-bond acceptors (Lipinski definition) is 2. The Balaban J connectivity index is 1.93. The van der Waals surface area contributed by atoms with Gasteiger partial charge in [-0.05, 0) is 47.5 Å². The summed E-state index contributed by atoms with van der Waals surface area (Å²) in [6, 6.07) is 20.2. The Hall–Kier alpha value is -3.06. The Labute approximate surface area is 178 Å². The standard InChI is InChI=1S/C24H16Cl2N2O/c1-3-15-5-4-6-17(13-15)19-14-22(29)28(2)21-12-11-20(27-24(19)21)23(26)16-7-9-18(25)10-8-16/h1,4-14,23H,2H3. The van der Waals surface area contributed by atoms with E-state index in [1.807, 2.05) is 48.5 Å². The first-order valence-corrected chi connectivity index (χ1v) is 9.76. The van der Waals surface area contributed by atoms with Crippen LogP contribution in [-0.4, -0.2) is 9.55 Å². The highest BCUT2D eigenvalue weighted by molar-refractivity contribution is 6.30. The molecule has 0 saturated heterocycles. The molecule has 29 heavy (non-hydrogen) atoms. The van der Waals surface area contributed by atoms with Crippen LogP contribution in [0.4, 0.5) is 0 Å². The summed E-state index contributed by atoms with van der Waals surface area (Å²) in [6.45, 7) is 0. The summed E-state index contributed by atoms with van der Waals surface area (Å²) in [7, 11) is 1.73. The number of terminal acetylenes is 1. The second-order valence-corrected chi connectivity index (χ2v) is 7.57. The van der Waals surface area contributed by atoms with Gasteiger partial charge in [0.15, 0.2) is 0 Å². The lowest BCUT2D eigenvalue weighted by molar-refractivity contribution is 0.901. The number of benzene rings is 2. The summed E-state index contributed by atoms with van der Waals surface area (Å²) in [5, 5.41) is 0.202. The van der Waals surface area contributed by atoms with Crippen molar-refractivity contribution in [1.82, 2.24) is 9.55 Å². The van der Waals surface area contributed by atoms with Gasteiger partial charge in [-0.3, -0.25) is 4.79 Å². The van der Waals surface area contributed by atoms with Crippen LogP contribution in [0.2, 0.25) is 5.02 Å². The predicted octanol–water partition coefficient (Wildman–Crippen LogP) is 5.56. The molecule has 5 heteroatoms. The first kappa shape index (κ1) is 19.3. The number of fused-ring (bicyclic) bond motifs is 1. The van der Waals surface area contributed by atoms with Crippen LogP contribution >= 0.6 is 23.2 Å². The van der Waals surface area contributed by atoms with E-state index in [0.717, 1.165) is 27.8 Å². The summed E-state index contributed by atoms with van der Waals surface area (Å²) in [6.07, 6.45) is 5.54. The molecule has 2 heterocycles. The lowest BCUT2D eigenvalue weighted by atomic mass is 10.0. The summed E-state index contributed by atoms with van der Waals surface area (Å²) >= 11 is 12.7. The molecular weight excluding hydrogens is 403 g/mol. The SMILES string of the molecule is C#Cc1cccc(-c2cc(=O)n(C)c3ccc(C(Cl)c4ccc(Cl)cc4)nc23)c1. The first-order chi connectivity index (χ1) is 14.0. The molecule has 4 rings (SSSR count). The molecule has 0 radical (unpaired) electrons. The van der Waals surface area contributed by atoms with E-state index in [-0.39, 0.29) is 5.56 Å². The molecule has 3 nitrogen and oxygen atoms in total. The number of nitrogens with zero attached hydrogens (tertiary/aromatic N) is 2. The third kappa shape index (κ3) is 3.65. The predicted molar refractivity (Wildman–Crippen MR) is 120 cm³/mol. The van der Waals surface area contributed by atoms with Crippen molar-refractivity contribution in [2.75, 3.05) is 0 Å². The molecule has 0 aliphatic heterocycles. The molecule has 142 valence electrons. The van der Waals surface area contributed by atoms with E-state index in [1.54, 1.807) is 29.8 Å². The molecule has 0 aliphatic carbocycles. The fourth-order valence-electron chi connectivity index (χ4n) is 3.28. The van der Waals surface area contributed by atoms with Gasteiger partial charge in [0.1, 0.15) is 5.38 Å². The number of pyridine rings is 2. The van der Waals surface area contributed by atoms with Crippen LogP contribution in [0.3, 0.4) is 0 Å². The molecule has 0 saturated carbocycles. The van der Waals surface area contributed by atoms with Crippen molar-refractivity contribution in [2.45, 2.75) is 5.38 Å². The molecule has 2 aromatic heterocycles. The van der Waals surface area contributed by atoms with Crippen molar-refractivity contribution >= 4 is 34.2 Å². The highest BCUT2D eigenvalue weighted by Crippen LogP contribution is 2.32. The number of halogens is 2. The van der Waals surface area contributed by atoms with Crippen molar-refractivity contribution in [2.24, 2.45) is 7.05 Å². The van der Waals surface area contributed by atoms with Crippen LogP contribution in [0.15, 0.2) is 71.5 Å². The second-order valence-electron chi connectivity index (χ2n) is 6.70. The van der Waals surface area contributed by atoms with Gasteiger partial charge < -0.3 is 4.57 Å². The fourth-order valence-corrected chi connectivity index (χ4v) is 3.68. The monoisotopic (exact) mass is 418 g/mol. The largest absolute Gasteiger partial charge is 0.310 e. The maximum Gasteiger partial charge on any atom is 0.251 e. The van der Waals surface area contributed by atoms with E-state index in [9.17, 15) is 4.79 Å². The Bertz CT molecular complexity index is 1320. The van der Waals surface area contributed by atoms with E-state index in [0.29, 0.717) is 16.2 Å². The maximum absolute atomic E-state index is 12.5. The van der Waals surface area contributed by atoms with Gasteiger partial charge >= 0.3 is 0 Å². The van der Waals surface area contributed by atoms with Crippen molar-refractivity contribution in [1.29, 1.82) is 0 Å². The third-order valence-electron chi connectivity index (χ3n) is 4.87. The molecule has 0 N–H and O–H groups in total. The molecule has 4 aromatic rings. The van der Waals surface area contributed by atoms with Gasteiger partial charge in [-0.1, -0.05) is 41.8 Å². The van der Waals surface area contributed by atoms with Crippen LogP contribution in [0, 0.1) is 12.3 Å². The zero-order valence-electron chi connectivity index (χ0n) is 15.6. The third-order valence-corrected chi connectivity index (χ3v) is 5.60. The summed E-state index contributed by atoms with van der Waals surface area (Å²) in [5.41, 5.74) is 5.18. The van der Waals surface area contributed by atoms with Gasteiger partial charge in [0.05, 0.1) is 16.7 Å². The number of aryl methyl sites for hydroxylation is 1. The van der Waals surface area contributed by atoms with Gasteiger partial charge in [-0.15, -0.1) is 18.0 Å². The summed E-state index contributed by atoms with van der Waals surface area (Å²) < 4.78 is 1.58. The molecule has 0 aliphatic rings. The molecule has 2 aromatic carbocycles. The Kier molecular flexibility index (Phi) is 5.15. The summed E-state index contributed by atoms with van der Waals surface area (Å²) in [4.78, 5) is 17.3. The summed E-state index contributed by atoms with van der Waals surface area (Å²) in [5.74, 6) is 2.63. The zero-order chi connectivity index (χ0) is 20.5. The zero-order valence-corrected chi connectivity index (χ0v) is 17.1. The molecule has 1 atom stereocenters. The molecule has 0 fully saturated rings. The van der Waals surface area contributed by atoms with Crippen LogP contribution < -0.4 is 5.56 Å². The lowest BCUT2D eigenvalue weighted by Gasteiger charge is -2.14. The van der Waals surface area contributed by atoms with Crippen LogP contribution in [0.25, 0.3) is 22.2 Å². The van der Waals surface area contributed by atoms with E-state index in [4.69, 9.17) is 34.6 Å². The average molecular weight is 419 g/mol. The topological polar surface area (TPSA) is 34.9 Å². The van der Waals surface area contributed by atoms with Gasteiger partial charge in [-0.2, -0.15) is 0 Å². The van der Waals surface area contributed by atoms with Crippen LogP contribution in [0.1, 0.15) is 22.2 Å². The van der Waals surface area contributed by atoms with E-state index in [1.165, 1.54) is 0 Å². The van der Waals surface area contributed by atoms with Crippen molar-refractivity contribution in [3.63, 3.8) is 0 Å². The minimum atomic E-state index is -0.446. The quantitative estimate of drug-likeness (QED) is 0.322. The Morgan fingerprint density at radius 3 is 2.55 bits per heavy atom. The number of rotatable bonds is 3. The average Bonchev–Trinajstić information content (AvgIpc) is 2.76. The maximum atomic E-state index is 12.5. The van der Waals surface area contributed by atoms with E-state index in [2.05, 4.69) is 5.92 Å². The van der Waals surface area contributed by atoms with Crippen LogP contribution in [0.5, 0.6) is 0 Å². The molecular formula is C24H16Cl2N2O. The molecule has 0 amide bonds. The first-order valence-electron chi connectivity index (χ1n) is 8.95. The minimum Gasteiger partial charge on any atom is -0.310 e. The Morgan fingerprint density at radius 2 is 1.83 bits per heavy atom. The smallest absolute Gasteiger partial charge is 0.251 e. The second kappa shape index (κ2) is 7.75. The molecule has 0 bridgehead atoms. The number of alkyl halides is 1. The highest BCUT2D eigenvalue weighted by Gasteiger charge is 2.16. The fraction of sp³-hybridized carbons (Fsp3) is 0.0833. The normalized spacial score (nSPS) is 11.9. The minimum absolute atomic E-state index is 0.117. The van der Waals surface area contributed by atoms with Gasteiger partial charge in [-0.25, -0.2) is 4.98 Å². The van der Waals surface area contributed by atoms with Crippen molar-refractivity contribution < 1.29 is 0 Å². The van der Waals surface area contributed by atoms with Crippen LogP contribution in [-0.2, 0) is 7.05 Å². The van der Waals surface area contributed by atoms with Crippen molar-refractivity contribution in [3.8, 4) is 23.5 Å². The Morgan fingerprint density at radius 1 is 1.07 bits per heavy atom. The number of aromatic nitrogens is 2. The molecule has 0 spiro atoms. The number of hydrogen-bond donors (Lipinski definition) is 0. The van der Waals surface area contributed by atoms with Gasteiger partial charge in [0, 0.05) is 29.3 Å². The van der Waals surface area contributed by atoms with Gasteiger partial charge in [0.2, 0.25) is 0 Å². The van der Waals surface area contributed by atoms with E-state index < -0.39 is 5.38 Å². The highest BCUT2D eigenvalue weighted by atomic mass is 35.5. The van der Waals surface area contributed by atoms with E-state index >= 15 is 0 Å². The molecule has 1 unspecified atom stereocenters. The lowest BCUT2D eigenvalue weighted by Crippen LogP contribution is -2.17. The van der Waals surface area contributed by atoms with Gasteiger partial charge in [0.25, 0.3) is 5.56 Å².